The summed E-state index contributed by atoms with van der Waals surface area (Å²) in [6.45, 7) is 3.39. The zero-order valence-electron chi connectivity index (χ0n) is 11.0. The molecule has 2 rings (SSSR count). The first-order valence-electron chi connectivity index (χ1n) is 6.33. The topological polar surface area (TPSA) is 53.7 Å². The van der Waals surface area contributed by atoms with Crippen LogP contribution in [0, 0.1) is 0 Å². The van der Waals surface area contributed by atoms with Crippen LogP contribution in [0.2, 0.25) is 0 Å². The number of rotatable bonds is 5. The fraction of sp³-hybridized carbons (Fsp3) is 0.571. The molecule has 3 atom stereocenters. The third kappa shape index (κ3) is 3.22. The summed E-state index contributed by atoms with van der Waals surface area (Å²) in [5, 5.41) is 0. The van der Waals surface area contributed by atoms with Crippen LogP contribution < -0.4 is 10.5 Å². The largest absolute Gasteiger partial charge is 0.497 e. The predicted molar refractivity (Wildman–Crippen MR) is 69.7 cm³/mol. The minimum atomic E-state index is -0.119. The first kappa shape index (κ1) is 13.3. The maximum atomic E-state index is 6.05. The predicted octanol–water partition coefficient (Wildman–Crippen LogP) is 1.89. The van der Waals surface area contributed by atoms with Gasteiger partial charge in [-0.1, -0.05) is 12.1 Å². The number of benzene rings is 1. The Labute approximate surface area is 108 Å². The number of hydrogen-bond donors (Lipinski definition) is 1. The van der Waals surface area contributed by atoms with Crippen molar-refractivity contribution in [3.8, 4) is 5.75 Å². The van der Waals surface area contributed by atoms with E-state index in [-0.39, 0.29) is 18.2 Å². The maximum Gasteiger partial charge on any atom is 0.119 e. The number of methoxy groups -OCH3 is 1. The lowest BCUT2D eigenvalue weighted by Crippen LogP contribution is -2.30. The summed E-state index contributed by atoms with van der Waals surface area (Å²) in [6, 6.07) is 7.80. The molecule has 18 heavy (non-hydrogen) atoms. The third-order valence-electron chi connectivity index (χ3n) is 3.13. The molecule has 0 amide bonds. The Morgan fingerprint density at radius 2 is 2.28 bits per heavy atom. The molecule has 3 unspecified atom stereocenters. The standard InChI is InChI=1S/C14H21NO3/c1-10(15)14(18-13-6-7-17-9-13)11-4-3-5-12(8-11)16-2/h3-5,8,10,13-14H,6-7,9,15H2,1-2H3. The van der Waals surface area contributed by atoms with Crippen molar-refractivity contribution in [2.45, 2.75) is 31.6 Å². The number of ether oxygens (including phenoxy) is 3. The molecule has 2 N–H and O–H groups in total. The van der Waals surface area contributed by atoms with Crippen LogP contribution in [0.4, 0.5) is 0 Å². The molecule has 1 heterocycles. The molecule has 100 valence electrons. The first-order valence-corrected chi connectivity index (χ1v) is 6.33. The highest BCUT2D eigenvalue weighted by molar-refractivity contribution is 5.30. The summed E-state index contributed by atoms with van der Waals surface area (Å²) < 4.78 is 16.6. The van der Waals surface area contributed by atoms with E-state index >= 15 is 0 Å². The van der Waals surface area contributed by atoms with Gasteiger partial charge in [0.05, 0.1) is 25.9 Å². The Morgan fingerprint density at radius 1 is 1.44 bits per heavy atom. The smallest absolute Gasteiger partial charge is 0.119 e. The molecule has 1 aliphatic rings. The summed E-state index contributed by atoms with van der Waals surface area (Å²) in [5.41, 5.74) is 7.08. The minimum absolute atomic E-state index is 0.0716. The van der Waals surface area contributed by atoms with E-state index in [1.807, 2.05) is 31.2 Å². The Balaban J connectivity index is 2.12. The molecule has 1 fully saturated rings. The van der Waals surface area contributed by atoms with Crippen molar-refractivity contribution < 1.29 is 14.2 Å². The SMILES string of the molecule is COc1cccc(C(OC2CCOC2)C(C)N)c1. The van der Waals surface area contributed by atoms with Gasteiger partial charge in [0, 0.05) is 12.6 Å². The van der Waals surface area contributed by atoms with Crippen LogP contribution in [-0.2, 0) is 9.47 Å². The number of hydrogen-bond acceptors (Lipinski definition) is 4. The van der Waals surface area contributed by atoms with Gasteiger partial charge >= 0.3 is 0 Å². The van der Waals surface area contributed by atoms with Gasteiger partial charge in [-0.2, -0.15) is 0 Å². The van der Waals surface area contributed by atoms with E-state index in [1.54, 1.807) is 7.11 Å². The molecular formula is C14H21NO3. The monoisotopic (exact) mass is 251 g/mol. The van der Waals surface area contributed by atoms with Crippen LogP contribution in [-0.4, -0.2) is 32.5 Å². The average Bonchev–Trinajstić information content (AvgIpc) is 2.88. The molecule has 1 aromatic carbocycles. The average molecular weight is 251 g/mol. The van der Waals surface area contributed by atoms with Gasteiger partial charge in [-0.15, -0.1) is 0 Å². The van der Waals surface area contributed by atoms with E-state index in [0.717, 1.165) is 24.3 Å². The highest BCUT2D eigenvalue weighted by atomic mass is 16.6. The van der Waals surface area contributed by atoms with E-state index in [9.17, 15) is 0 Å². The fourth-order valence-electron chi connectivity index (χ4n) is 2.15. The molecule has 0 spiro atoms. The Morgan fingerprint density at radius 3 is 2.89 bits per heavy atom. The van der Waals surface area contributed by atoms with Crippen LogP contribution in [0.15, 0.2) is 24.3 Å². The molecule has 0 aromatic heterocycles. The number of nitrogens with two attached hydrogens (primary N) is 1. The maximum absolute atomic E-state index is 6.05. The van der Waals surface area contributed by atoms with Crippen molar-refractivity contribution in [2.75, 3.05) is 20.3 Å². The van der Waals surface area contributed by atoms with Gasteiger partial charge in [0.25, 0.3) is 0 Å². The molecule has 0 saturated carbocycles. The quantitative estimate of drug-likeness (QED) is 0.868. The minimum Gasteiger partial charge on any atom is -0.497 e. The van der Waals surface area contributed by atoms with E-state index in [0.29, 0.717) is 6.61 Å². The van der Waals surface area contributed by atoms with E-state index in [1.165, 1.54) is 0 Å². The van der Waals surface area contributed by atoms with Gasteiger partial charge in [-0.25, -0.2) is 0 Å². The first-order chi connectivity index (χ1) is 8.70. The highest BCUT2D eigenvalue weighted by Crippen LogP contribution is 2.27. The second-order valence-electron chi connectivity index (χ2n) is 4.68. The van der Waals surface area contributed by atoms with Crippen molar-refractivity contribution >= 4 is 0 Å². The van der Waals surface area contributed by atoms with Gasteiger partial charge < -0.3 is 19.9 Å². The Bertz CT molecular complexity index is 375. The molecule has 4 nitrogen and oxygen atoms in total. The lowest BCUT2D eigenvalue weighted by molar-refractivity contribution is -0.0270. The van der Waals surface area contributed by atoms with E-state index < -0.39 is 0 Å². The Kier molecular flexibility index (Phi) is 4.58. The van der Waals surface area contributed by atoms with E-state index in [4.69, 9.17) is 19.9 Å². The van der Waals surface area contributed by atoms with Gasteiger partial charge in [-0.05, 0) is 31.0 Å². The van der Waals surface area contributed by atoms with Crippen LogP contribution in [0.3, 0.4) is 0 Å². The highest BCUT2D eigenvalue weighted by Gasteiger charge is 2.25. The summed E-state index contributed by atoms with van der Waals surface area (Å²) in [6.07, 6.45) is 0.965. The zero-order valence-corrected chi connectivity index (χ0v) is 11.0. The third-order valence-corrected chi connectivity index (χ3v) is 3.13. The van der Waals surface area contributed by atoms with Crippen LogP contribution >= 0.6 is 0 Å². The van der Waals surface area contributed by atoms with Gasteiger partial charge in [0.15, 0.2) is 0 Å². The van der Waals surface area contributed by atoms with Crippen LogP contribution in [0.25, 0.3) is 0 Å². The fourth-order valence-corrected chi connectivity index (χ4v) is 2.15. The van der Waals surface area contributed by atoms with Crippen molar-refractivity contribution in [3.63, 3.8) is 0 Å². The summed E-state index contributed by atoms with van der Waals surface area (Å²) in [7, 11) is 1.66. The summed E-state index contributed by atoms with van der Waals surface area (Å²) in [5.74, 6) is 0.824. The Hall–Kier alpha value is -1.10. The molecule has 0 aliphatic carbocycles. The molecule has 1 aromatic rings. The van der Waals surface area contributed by atoms with Crippen LogP contribution in [0.5, 0.6) is 5.75 Å². The molecule has 4 heteroatoms. The lowest BCUT2D eigenvalue weighted by Gasteiger charge is -2.25. The second kappa shape index (κ2) is 6.18. The van der Waals surface area contributed by atoms with Crippen molar-refractivity contribution in [1.82, 2.24) is 0 Å². The molecule has 0 radical (unpaired) electrons. The van der Waals surface area contributed by atoms with Crippen molar-refractivity contribution in [2.24, 2.45) is 5.73 Å². The van der Waals surface area contributed by atoms with Crippen molar-refractivity contribution in [1.29, 1.82) is 0 Å². The second-order valence-corrected chi connectivity index (χ2v) is 4.68. The van der Waals surface area contributed by atoms with Gasteiger partial charge in [0.2, 0.25) is 0 Å². The molecule has 0 bridgehead atoms. The molecule has 1 aliphatic heterocycles. The summed E-state index contributed by atoms with van der Waals surface area (Å²) >= 11 is 0. The molecule has 1 saturated heterocycles. The molecular weight excluding hydrogens is 230 g/mol. The van der Waals surface area contributed by atoms with E-state index in [2.05, 4.69) is 0 Å². The van der Waals surface area contributed by atoms with Crippen LogP contribution in [0.1, 0.15) is 25.0 Å². The van der Waals surface area contributed by atoms with Gasteiger partial charge in [0.1, 0.15) is 5.75 Å². The zero-order chi connectivity index (χ0) is 13.0. The van der Waals surface area contributed by atoms with Gasteiger partial charge in [-0.3, -0.25) is 0 Å². The van der Waals surface area contributed by atoms with Crippen molar-refractivity contribution in [3.05, 3.63) is 29.8 Å². The lowest BCUT2D eigenvalue weighted by atomic mass is 10.0. The summed E-state index contributed by atoms with van der Waals surface area (Å²) in [4.78, 5) is 0. The normalized spacial score (nSPS) is 22.7.